The van der Waals surface area contributed by atoms with Crippen molar-refractivity contribution in [3.05, 3.63) is 36.5 Å². The molecule has 0 bridgehead atoms. The van der Waals surface area contributed by atoms with Crippen molar-refractivity contribution in [1.29, 1.82) is 0 Å². The number of nitrogens with zero attached hydrogens (tertiary/aromatic N) is 1. The molecule has 1 N–H and O–H groups in total. The Balaban J connectivity index is 1.60. The third kappa shape index (κ3) is 3.12. The molecule has 2 unspecified atom stereocenters. The summed E-state index contributed by atoms with van der Waals surface area (Å²) in [5.74, 6) is 1.84. The largest absolute Gasteiger partial charge is 0.384 e. The molecule has 2 atom stereocenters. The average Bonchev–Trinajstić information content (AvgIpc) is 2.48. The Hall–Kier alpha value is -1.57. The molecule has 1 aliphatic carbocycles. The van der Waals surface area contributed by atoms with E-state index in [1.165, 1.54) is 43.2 Å². The molecule has 0 spiro atoms. The number of pyridine rings is 1. The van der Waals surface area contributed by atoms with E-state index in [0.29, 0.717) is 0 Å². The van der Waals surface area contributed by atoms with Gasteiger partial charge >= 0.3 is 0 Å². The number of para-hydroxylation sites is 1. The number of hydrogen-bond acceptors (Lipinski definition) is 2. The topological polar surface area (TPSA) is 24.9 Å². The van der Waals surface area contributed by atoms with Crippen molar-refractivity contribution in [2.75, 3.05) is 11.9 Å². The van der Waals surface area contributed by atoms with Crippen molar-refractivity contribution in [3.8, 4) is 0 Å². The first-order valence-corrected chi connectivity index (χ1v) is 7.90. The van der Waals surface area contributed by atoms with E-state index in [4.69, 9.17) is 0 Å². The molecule has 1 saturated carbocycles. The van der Waals surface area contributed by atoms with E-state index in [1.54, 1.807) is 0 Å². The molecular formula is C18H24N2. The molecular weight excluding hydrogens is 244 g/mol. The SMILES string of the molecule is CC1CCCC(CCNc2ccnc3ccccc23)C1. The fourth-order valence-corrected chi connectivity index (χ4v) is 3.48. The quantitative estimate of drug-likeness (QED) is 0.856. The number of aromatic nitrogens is 1. The number of fused-ring (bicyclic) bond motifs is 1. The monoisotopic (exact) mass is 268 g/mol. The molecule has 2 aromatic rings. The molecule has 20 heavy (non-hydrogen) atoms. The summed E-state index contributed by atoms with van der Waals surface area (Å²) < 4.78 is 0. The molecule has 2 heteroatoms. The van der Waals surface area contributed by atoms with Crippen molar-refractivity contribution < 1.29 is 0 Å². The van der Waals surface area contributed by atoms with E-state index < -0.39 is 0 Å². The lowest BCUT2D eigenvalue weighted by molar-refractivity contribution is 0.274. The van der Waals surface area contributed by atoms with Gasteiger partial charge in [-0.05, 0) is 36.8 Å². The Morgan fingerprint density at radius 3 is 3.00 bits per heavy atom. The standard InChI is InChI=1S/C18H24N2/c1-14-5-4-6-15(13-14)9-11-19-18-10-12-20-17-8-3-2-7-16(17)18/h2-3,7-8,10,12,14-15H,4-6,9,11,13H2,1H3,(H,19,20). The van der Waals surface area contributed by atoms with Gasteiger partial charge in [0.15, 0.2) is 0 Å². The minimum Gasteiger partial charge on any atom is -0.384 e. The molecule has 2 nitrogen and oxygen atoms in total. The Bertz CT molecular complexity index is 559. The Morgan fingerprint density at radius 1 is 1.20 bits per heavy atom. The lowest BCUT2D eigenvalue weighted by atomic mass is 9.81. The first-order chi connectivity index (χ1) is 9.83. The summed E-state index contributed by atoms with van der Waals surface area (Å²) in [6.07, 6.45) is 8.87. The number of hydrogen-bond donors (Lipinski definition) is 1. The molecule has 1 heterocycles. The number of rotatable bonds is 4. The number of benzene rings is 1. The zero-order chi connectivity index (χ0) is 13.8. The highest BCUT2D eigenvalue weighted by Crippen LogP contribution is 2.30. The fourth-order valence-electron chi connectivity index (χ4n) is 3.48. The molecule has 1 fully saturated rings. The molecule has 0 amide bonds. The fraction of sp³-hybridized carbons (Fsp3) is 0.500. The molecule has 3 rings (SSSR count). The van der Waals surface area contributed by atoms with Gasteiger partial charge in [-0.25, -0.2) is 0 Å². The van der Waals surface area contributed by atoms with Crippen LogP contribution in [0.3, 0.4) is 0 Å². The molecule has 0 saturated heterocycles. The average molecular weight is 268 g/mol. The van der Waals surface area contributed by atoms with Crippen LogP contribution in [0.25, 0.3) is 10.9 Å². The van der Waals surface area contributed by atoms with Gasteiger partial charge in [-0.1, -0.05) is 44.4 Å². The van der Waals surface area contributed by atoms with Gasteiger partial charge in [0.05, 0.1) is 5.52 Å². The van der Waals surface area contributed by atoms with E-state index in [0.717, 1.165) is 23.9 Å². The normalized spacial score (nSPS) is 22.9. The Labute approximate surface area is 121 Å². The van der Waals surface area contributed by atoms with Crippen molar-refractivity contribution in [1.82, 2.24) is 4.98 Å². The van der Waals surface area contributed by atoms with E-state index in [9.17, 15) is 0 Å². The third-order valence-electron chi connectivity index (χ3n) is 4.56. The van der Waals surface area contributed by atoms with Gasteiger partial charge < -0.3 is 5.32 Å². The summed E-state index contributed by atoms with van der Waals surface area (Å²) in [5, 5.41) is 4.84. The van der Waals surface area contributed by atoms with Gasteiger partial charge in [0.2, 0.25) is 0 Å². The number of anilines is 1. The highest BCUT2D eigenvalue weighted by molar-refractivity contribution is 5.90. The van der Waals surface area contributed by atoms with Crippen LogP contribution in [0, 0.1) is 11.8 Å². The zero-order valence-electron chi connectivity index (χ0n) is 12.3. The van der Waals surface area contributed by atoms with Crippen LogP contribution >= 0.6 is 0 Å². The summed E-state index contributed by atoms with van der Waals surface area (Å²) in [5.41, 5.74) is 2.29. The van der Waals surface area contributed by atoms with Crippen LogP contribution in [-0.4, -0.2) is 11.5 Å². The van der Waals surface area contributed by atoms with E-state index in [1.807, 2.05) is 12.3 Å². The molecule has 1 aromatic carbocycles. The second-order valence-electron chi connectivity index (χ2n) is 6.23. The molecule has 106 valence electrons. The first kappa shape index (κ1) is 13.4. The van der Waals surface area contributed by atoms with Gasteiger partial charge in [0.1, 0.15) is 0 Å². The lowest BCUT2D eigenvalue weighted by Gasteiger charge is -2.26. The van der Waals surface area contributed by atoms with Crippen LogP contribution in [-0.2, 0) is 0 Å². The third-order valence-corrected chi connectivity index (χ3v) is 4.56. The minimum absolute atomic E-state index is 0.916. The second-order valence-corrected chi connectivity index (χ2v) is 6.23. The summed E-state index contributed by atoms with van der Waals surface area (Å²) in [6, 6.07) is 10.4. The maximum absolute atomic E-state index is 4.41. The predicted octanol–water partition coefficient (Wildman–Crippen LogP) is 4.86. The summed E-state index contributed by atoms with van der Waals surface area (Å²) in [6.45, 7) is 3.47. The van der Waals surface area contributed by atoms with E-state index >= 15 is 0 Å². The summed E-state index contributed by atoms with van der Waals surface area (Å²) in [7, 11) is 0. The molecule has 1 aliphatic rings. The van der Waals surface area contributed by atoms with Crippen LogP contribution in [0.15, 0.2) is 36.5 Å². The first-order valence-electron chi connectivity index (χ1n) is 7.90. The van der Waals surface area contributed by atoms with Gasteiger partial charge in [-0.2, -0.15) is 0 Å². The van der Waals surface area contributed by atoms with E-state index in [-0.39, 0.29) is 0 Å². The van der Waals surface area contributed by atoms with Crippen LogP contribution in [0.2, 0.25) is 0 Å². The summed E-state index contributed by atoms with van der Waals surface area (Å²) >= 11 is 0. The second kappa shape index (κ2) is 6.25. The molecule has 1 aromatic heterocycles. The van der Waals surface area contributed by atoms with Gasteiger partial charge in [-0.3, -0.25) is 4.98 Å². The smallest absolute Gasteiger partial charge is 0.0722 e. The zero-order valence-corrected chi connectivity index (χ0v) is 12.3. The number of nitrogens with one attached hydrogen (secondary N) is 1. The van der Waals surface area contributed by atoms with Crippen molar-refractivity contribution in [3.63, 3.8) is 0 Å². The van der Waals surface area contributed by atoms with Crippen LogP contribution in [0.5, 0.6) is 0 Å². The highest BCUT2D eigenvalue weighted by atomic mass is 14.9. The van der Waals surface area contributed by atoms with Gasteiger partial charge in [-0.15, -0.1) is 0 Å². The van der Waals surface area contributed by atoms with Crippen LogP contribution < -0.4 is 5.32 Å². The molecule has 0 radical (unpaired) electrons. The Kier molecular flexibility index (Phi) is 4.19. The maximum atomic E-state index is 4.41. The van der Waals surface area contributed by atoms with Crippen LogP contribution in [0.1, 0.15) is 39.0 Å². The molecule has 0 aliphatic heterocycles. The van der Waals surface area contributed by atoms with Crippen molar-refractivity contribution in [2.24, 2.45) is 11.8 Å². The van der Waals surface area contributed by atoms with E-state index in [2.05, 4.69) is 41.5 Å². The lowest BCUT2D eigenvalue weighted by Crippen LogP contribution is -2.16. The van der Waals surface area contributed by atoms with Crippen molar-refractivity contribution in [2.45, 2.75) is 39.0 Å². The van der Waals surface area contributed by atoms with Crippen molar-refractivity contribution >= 4 is 16.6 Å². The van der Waals surface area contributed by atoms with Crippen LogP contribution in [0.4, 0.5) is 5.69 Å². The maximum Gasteiger partial charge on any atom is 0.0722 e. The minimum atomic E-state index is 0.916. The Morgan fingerprint density at radius 2 is 2.10 bits per heavy atom. The van der Waals surface area contributed by atoms with Gasteiger partial charge in [0, 0.05) is 23.8 Å². The van der Waals surface area contributed by atoms with Gasteiger partial charge in [0.25, 0.3) is 0 Å². The summed E-state index contributed by atoms with van der Waals surface area (Å²) in [4.78, 5) is 4.41. The predicted molar refractivity (Wildman–Crippen MR) is 86.0 cm³/mol. The highest BCUT2D eigenvalue weighted by Gasteiger charge is 2.18.